The molecule has 0 aromatic heterocycles. The number of Topliss-reactive ketones (excluding diaryl/α,β-unsaturated/α-hetero) is 1. The van der Waals surface area contributed by atoms with Crippen molar-refractivity contribution in [2.45, 2.75) is 97.3 Å². The third-order valence-electron chi connectivity index (χ3n) is 4.82. The van der Waals surface area contributed by atoms with E-state index in [1.165, 1.54) is 64.2 Å². The van der Waals surface area contributed by atoms with Crippen LogP contribution in [0.25, 0.3) is 0 Å². The summed E-state index contributed by atoms with van der Waals surface area (Å²) < 4.78 is 0. The van der Waals surface area contributed by atoms with Gasteiger partial charge in [0.15, 0.2) is 0 Å². The van der Waals surface area contributed by atoms with Crippen molar-refractivity contribution in [3.05, 3.63) is 0 Å². The van der Waals surface area contributed by atoms with Gasteiger partial charge >= 0.3 is 0 Å². The number of carbonyl (C=O) groups is 1. The summed E-state index contributed by atoms with van der Waals surface area (Å²) in [5.41, 5.74) is 0. The molecule has 0 radical (unpaired) electrons. The Labute approximate surface area is 132 Å². The zero-order valence-corrected chi connectivity index (χ0v) is 14.3. The minimum atomic E-state index is 0.371. The highest BCUT2D eigenvalue weighted by molar-refractivity contribution is 5.81. The first-order valence-corrected chi connectivity index (χ1v) is 9.25. The van der Waals surface area contributed by atoms with E-state index in [1.54, 1.807) is 0 Å². The Kier molecular flexibility index (Phi) is 10.3. The van der Waals surface area contributed by atoms with Gasteiger partial charge in [0.05, 0.1) is 6.42 Å². The van der Waals surface area contributed by atoms with Crippen LogP contribution in [0.5, 0.6) is 0 Å². The summed E-state index contributed by atoms with van der Waals surface area (Å²) in [6.07, 6.45) is 15.7. The number of ketones is 1. The van der Waals surface area contributed by atoms with Gasteiger partial charge in [-0.25, -0.2) is 0 Å². The van der Waals surface area contributed by atoms with Crippen LogP contribution in [-0.2, 0) is 4.79 Å². The van der Waals surface area contributed by atoms with E-state index in [2.05, 4.69) is 18.8 Å². The van der Waals surface area contributed by atoms with Gasteiger partial charge in [0.2, 0.25) is 0 Å². The zero-order valence-electron chi connectivity index (χ0n) is 14.3. The van der Waals surface area contributed by atoms with Gasteiger partial charge in [0.25, 0.3) is 0 Å². The molecule has 21 heavy (non-hydrogen) atoms. The lowest BCUT2D eigenvalue weighted by Crippen LogP contribution is -2.13. The largest absolute Gasteiger partial charge is 0.299 e. The summed E-state index contributed by atoms with van der Waals surface area (Å²) in [7, 11) is 0. The van der Waals surface area contributed by atoms with Crippen molar-refractivity contribution < 1.29 is 4.79 Å². The SMILES string of the molecule is CCC#CCC(=O)C[C@H]1CCC[C@@H]1CCCCCCCC. The molecule has 0 N–H and O–H groups in total. The molecule has 0 spiro atoms. The average molecular weight is 290 g/mol. The van der Waals surface area contributed by atoms with Crippen LogP contribution in [-0.4, -0.2) is 5.78 Å². The van der Waals surface area contributed by atoms with Gasteiger partial charge in [-0.2, -0.15) is 0 Å². The molecule has 0 heterocycles. The van der Waals surface area contributed by atoms with Crippen LogP contribution >= 0.6 is 0 Å². The molecule has 1 nitrogen and oxygen atoms in total. The van der Waals surface area contributed by atoms with Crippen molar-refractivity contribution in [2.75, 3.05) is 0 Å². The van der Waals surface area contributed by atoms with E-state index in [4.69, 9.17) is 0 Å². The van der Waals surface area contributed by atoms with Gasteiger partial charge in [-0.05, 0) is 18.3 Å². The molecule has 0 amide bonds. The maximum atomic E-state index is 12.0. The van der Waals surface area contributed by atoms with Crippen molar-refractivity contribution in [1.29, 1.82) is 0 Å². The van der Waals surface area contributed by atoms with E-state index in [-0.39, 0.29) is 0 Å². The lowest BCUT2D eigenvalue weighted by Gasteiger charge is -2.18. The Balaban J connectivity index is 2.17. The van der Waals surface area contributed by atoms with Crippen LogP contribution in [0.3, 0.4) is 0 Å². The molecule has 1 rings (SSSR count). The van der Waals surface area contributed by atoms with Crippen LogP contribution < -0.4 is 0 Å². The summed E-state index contributed by atoms with van der Waals surface area (Å²) in [6, 6.07) is 0. The number of hydrogen-bond acceptors (Lipinski definition) is 1. The molecular formula is C20H34O. The third kappa shape index (κ3) is 8.30. The van der Waals surface area contributed by atoms with Crippen LogP contribution in [0, 0.1) is 23.7 Å². The molecule has 2 atom stereocenters. The van der Waals surface area contributed by atoms with Gasteiger partial charge in [-0.3, -0.25) is 4.79 Å². The van der Waals surface area contributed by atoms with E-state index in [9.17, 15) is 4.79 Å². The predicted molar refractivity (Wildman–Crippen MR) is 91.1 cm³/mol. The number of carbonyl (C=O) groups excluding carboxylic acids is 1. The monoisotopic (exact) mass is 290 g/mol. The van der Waals surface area contributed by atoms with E-state index < -0.39 is 0 Å². The highest BCUT2D eigenvalue weighted by Crippen LogP contribution is 2.37. The normalized spacial score (nSPS) is 21.0. The van der Waals surface area contributed by atoms with Gasteiger partial charge < -0.3 is 0 Å². The second kappa shape index (κ2) is 11.8. The fourth-order valence-electron chi connectivity index (χ4n) is 3.60. The third-order valence-corrected chi connectivity index (χ3v) is 4.82. The van der Waals surface area contributed by atoms with E-state index in [0.717, 1.165) is 18.8 Å². The molecule has 1 aliphatic carbocycles. The topological polar surface area (TPSA) is 17.1 Å². The number of unbranched alkanes of at least 4 members (excludes halogenated alkanes) is 5. The number of hydrogen-bond donors (Lipinski definition) is 0. The Morgan fingerprint density at radius 2 is 1.67 bits per heavy atom. The Bertz CT molecular complexity index is 333. The van der Waals surface area contributed by atoms with E-state index in [0.29, 0.717) is 18.1 Å². The number of rotatable bonds is 10. The minimum Gasteiger partial charge on any atom is -0.299 e. The standard InChI is InChI=1S/C20H34O/c1-3-5-7-8-9-11-13-18-14-12-15-19(18)17-20(21)16-10-6-4-2/h18-19H,3-5,7-9,11-17H2,1-2H3/t18-,19+/m0/s1. The van der Waals surface area contributed by atoms with Crippen LogP contribution in [0.1, 0.15) is 97.3 Å². The van der Waals surface area contributed by atoms with Gasteiger partial charge in [0, 0.05) is 12.8 Å². The van der Waals surface area contributed by atoms with Gasteiger partial charge in [0.1, 0.15) is 5.78 Å². The molecule has 0 bridgehead atoms. The quantitative estimate of drug-likeness (QED) is 0.361. The molecule has 0 aromatic carbocycles. The molecule has 0 unspecified atom stereocenters. The van der Waals surface area contributed by atoms with Crippen LogP contribution in [0.4, 0.5) is 0 Å². The predicted octanol–water partition coefficient (Wildman–Crippen LogP) is 5.92. The molecule has 0 aliphatic heterocycles. The molecule has 1 aliphatic rings. The van der Waals surface area contributed by atoms with Crippen molar-refractivity contribution in [3.8, 4) is 11.8 Å². The summed E-state index contributed by atoms with van der Waals surface area (Å²) in [5.74, 6) is 7.85. The second-order valence-electron chi connectivity index (χ2n) is 6.63. The molecule has 120 valence electrons. The highest BCUT2D eigenvalue weighted by Gasteiger charge is 2.28. The van der Waals surface area contributed by atoms with Crippen molar-refractivity contribution >= 4 is 5.78 Å². The van der Waals surface area contributed by atoms with E-state index in [1.807, 2.05) is 6.92 Å². The summed E-state index contributed by atoms with van der Waals surface area (Å²) in [5, 5.41) is 0. The fraction of sp³-hybridized carbons (Fsp3) is 0.850. The molecule has 0 aromatic rings. The first-order chi connectivity index (χ1) is 10.3. The van der Waals surface area contributed by atoms with E-state index >= 15 is 0 Å². The highest BCUT2D eigenvalue weighted by atomic mass is 16.1. The molecular weight excluding hydrogens is 256 g/mol. The van der Waals surface area contributed by atoms with Crippen LogP contribution in [0.15, 0.2) is 0 Å². The maximum Gasteiger partial charge on any atom is 0.145 e. The molecule has 1 heteroatoms. The van der Waals surface area contributed by atoms with Crippen molar-refractivity contribution in [1.82, 2.24) is 0 Å². The van der Waals surface area contributed by atoms with Crippen LogP contribution in [0.2, 0.25) is 0 Å². The van der Waals surface area contributed by atoms with Gasteiger partial charge in [-0.1, -0.05) is 77.6 Å². The lowest BCUT2D eigenvalue weighted by molar-refractivity contribution is -0.119. The maximum absolute atomic E-state index is 12.0. The zero-order chi connectivity index (χ0) is 15.3. The minimum absolute atomic E-state index is 0.371. The molecule has 0 saturated heterocycles. The molecule has 1 fully saturated rings. The van der Waals surface area contributed by atoms with Crippen molar-refractivity contribution in [2.24, 2.45) is 11.8 Å². The first-order valence-electron chi connectivity index (χ1n) is 9.25. The lowest BCUT2D eigenvalue weighted by atomic mass is 9.86. The smallest absolute Gasteiger partial charge is 0.145 e. The van der Waals surface area contributed by atoms with Crippen molar-refractivity contribution in [3.63, 3.8) is 0 Å². The molecule has 1 saturated carbocycles. The average Bonchev–Trinajstić information content (AvgIpc) is 2.90. The Morgan fingerprint density at radius 1 is 0.952 bits per heavy atom. The Hall–Kier alpha value is -0.770. The second-order valence-corrected chi connectivity index (χ2v) is 6.63. The summed E-state index contributed by atoms with van der Waals surface area (Å²) in [6.45, 7) is 4.30. The summed E-state index contributed by atoms with van der Waals surface area (Å²) in [4.78, 5) is 12.0. The Morgan fingerprint density at radius 3 is 2.43 bits per heavy atom. The summed E-state index contributed by atoms with van der Waals surface area (Å²) >= 11 is 0. The first kappa shape index (κ1) is 18.3. The van der Waals surface area contributed by atoms with Gasteiger partial charge in [-0.15, -0.1) is 5.92 Å². The fourth-order valence-corrected chi connectivity index (χ4v) is 3.60.